The highest BCUT2D eigenvalue weighted by Crippen LogP contribution is 2.30. The van der Waals surface area contributed by atoms with Crippen LogP contribution < -0.4 is 11.1 Å². The Morgan fingerprint density at radius 2 is 1.79 bits per heavy atom. The third-order valence-corrected chi connectivity index (χ3v) is 5.81. The van der Waals surface area contributed by atoms with Crippen LogP contribution >= 0.6 is 22.9 Å². The molecular formula is C22H15ClN8O2S. The van der Waals surface area contributed by atoms with E-state index in [9.17, 15) is 4.79 Å². The quantitative estimate of drug-likeness (QED) is 0.331. The first-order valence-corrected chi connectivity index (χ1v) is 11.1. The number of carbonyl (C=O) groups is 1. The fourth-order valence-corrected chi connectivity index (χ4v) is 4.13. The smallest absolute Gasteiger partial charge is 0.359 e. The number of aromatic nitrogens is 6. The Hall–Kier alpha value is -4.22. The van der Waals surface area contributed by atoms with Gasteiger partial charge in [0.1, 0.15) is 10.7 Å². The number of nitrogen functional groups attached to an aromatic ring is 1. The number of anilines is 3. The number of benzene rings is 2. The second-order valence-electron chi connectivity index (χ2n) is 6.88. The summed E-state index contributed by atoms with van der Waals surface area (Å²) in [5.41, 5.74) is 7.70. The van der Waals surface area contributed by atoms with E-state index in [1.807, 2.05) is 24.3 Å². The van der Waals surface area contributed by atoms with Gasteiger partial charge in [0.15, 0.2) is 18.1 Å². The lowest BCUT2D eigenvalue weighted by Gasteiger charge is -2.09. The van der Waals surface area contributed by atoms with Gasteiger partial charge in [-0.2, -0.15) is 15.0 Å². The number of fused-ring (bicyclic) bond motifs is 1. The molecule has 168 valence electrons. The van der Waals surface area contributed by atoms with Crippen molar-refractivity contribution in [2.45, 2.75) is 6.61 Å². The maximum absolute atomic E-state index is 12.8. The fraction of sp³-hybridized carbons (Fsp3) is 0.0455. The molecule has 0 saturated heterocycles. The van der Waals surface area contributed by atoms with Gasteiger partial charge in [-0.3, -0.25) is 0 Å². The normalized spacial score (nSPS) is 10.9. The molecular weight excluding hydrogens is 476 g/mol. The van der Waals surface area contributed by atoms with Crippen LogP contribution in [0, 0.1) is 0 Å². The minimum atomic E-state index is -0.687. The molecule has 3 N–H and O–H groups in total. The molecule has 5 rings (SSSR count). The second-order valence-corrected chi connectivity index (χ2v) is 8.35. The average molecular weight is 491 g/mol. The molecule has 0 aliphatic rings. The molecule has 0 atom stereocenters. The number of thiazole rings is 1. The maximum Gasteiger partial charge on any atom is 0.359 e. The predicted octanol–water partition coefficient (Wildman–Crippen LogP) is 4.27. The molecule has 2 aromatic carbocycles. The van der Waals surface area contributed by atoms with Crippen molar-refractivity contribution in [2.24, 2.45) is 0 Å². The van der Waals surface area contributed by atoms with E-state index >= 15 is 0 Å². The lowest BCUT2D eigenvalue weighted by atomic mass is 10.3. The monoisotopic (exact) mass is 490 g/mol. The summed E-state index contributed by atoms with van der Waals surface area (Å²) in [5.74, 6) is -0.334. The van der Waals surface area contributed by atoms with E-state index in [-0.39, 0.29) is 30.0 Å². The van der Waals surface area contributed by atoms with Gasteiger partial charge in [-0.1, -0.05) is 23.7 Å². The molecule has 10 nitrogen and oxygen atoms in total. The SMILES string of the molecule is Nc1nc(COC(=O)c2nccnc2-c2nc3ccccc3s2)nc(Nc2ccc(Cl)cc2)n1. The summed E-state index contributed by atoms with van der Waals surface area (Å²) >= 11 is 7.32. The molecule has 0 saturated carbocycles. The number of rotatable bonds is 6. The second kappa shape index (κ2) is 9.33. The molecule has 0 bridgehead atoms. The average Bonchev–Trinajstić information content (AvgIpc) is 3.28. The number of para-hydroxylation sites is 1. The minimum absolute atomic E-state index is 0.0211. The first-order chi connectivity index (χ1) is 16.5. The number of nitrogens with one attached hydrogen (secondary N) is 1. The van der Waals surface area contributed by atoms with Crippen molar-refractivity contribution in [1.82, 2.24) is 29.9 Å². The van der Waals surface area contributed by atoms with E-state index in [4.69, 9.17) is 22.1 Å². The summed E-state index contributed by atoms with van der Waals surface area (Å²) in [7, 11) is 0. The zero-order valence-electron chi connectivity index (χ0n) is 17.3. The van der Waals surface area contributed by atoms with Crippen molar-refractivity contribution in [2.75, 3.05) is 11.1 Å². The Morgan fingerprint density at radius 1 is 1.00 bits per heavy atom. The molecule has 0 spiro atoms. The van der Waals surface area contributed by atoms with Gasteiger partial charge in [-0.15, -0.1) is 11.3 Å². The number of nitrogens with two attached hydrogens (primary N) is 1. The van der Waals surface area contributed by atoms with Gasteiger partial charge in [-0.05, 0) is 36.4 Å². The van der Waals surface area contributed by atoms with Crippen LogP contribution in [0.1, 0.15) is 16.3 Å². The number of esters is 1. The number of halogens is 1. The Kier molecular flexibility index (Phi) is 5.93. The Balaban J connectivity index is 1.34. The first-order valence-electron chi connectivity index (χ1n) is 9.92. The first kappa shape index (κ1) is 21.6. The van der Waals surface area contributed by atoms with Crippen molar-refractivity contribution >= 4 is 56.7 Å². The molecule has 0 aliphatic heterocycles. The van der Waals surface area contributed by atoms with Gasteiger partial charge in [0.25, 0.3) is 0 Å². The van der Waals surface area contributed by atoms with E-state index in [0.717, 1.165) is 10.2 Å². The number of hydrogen-bond acceptors (Lipinski definition) is 11. The molecule has 3 aromatic heterocycles. The van der Waals surface area contributed by atoms with Crippen molar-refractivity contribution in [1.29, 1.82) is 0 Å². The number of ether oxygens (including phenoxy) is 1. The molecule has 5 aromatic rings. The van der Waals surface area contributed by atoms with E-state index in [2.05, 4.69) is 35.2 Å². The van der Waals surface area contributed by atoms with Crippen molar-refractivity contribution in [3.63, 3.8) is 0 Å². The Morgan fingerprint density at radius 3 is 2.62 bits per heavy atom. The number of hydrogen-bond donors (Lipinski definition) is 2. The highest BCUT2D eigenvalue weighted by atomic mass is 35.5. The zero-order valence-corrected chi connectivity index (χ0v) is 18.9. The molecule has 0 aliphatic carbocycles. The van der Waals surface area contributed by atoms with Crippen molar-refractivity contribution in [3.05, 3.63) is 77.5 Å². The topological polar surface area (TPSA) is 142 Å². The summed E-state index contributed by atoms with van der Waals surface area (Å²) in [6.45, 7) is -0.239. The van der Waals surface area contributed by atoms with Gasteiger partial charge in [0.05, 0.1) is 10.2 Å². The predicted molar refractivity (Wildman–Crippen MR) is 129 cm³/mol. The lowest BCUT2D eigenvalue weighted by Crippen LogP contribution is -2.13. The standard InChI is InChI=1S/C22H15ClN8O2S/c23-12-5-7-13(8-6-12)27-22-30-16(29-21(24)31-22)11-33-20(32)18-17(25-9-10-26-18)19-28-14-3-1-2-4-15(14)34-19/h1-10H,11H2,(H3,24,27,29,30,31). The van der Waals surface area contributed by atoms with E-state index in [1.165, 1.54) is 23.7 Å². The van der Waals surface area contributed by atoms with Crippen LogP contribution in [0.25, 0.3) is 20.9 Å². The Bertz CT molecular complexity index is 1460. The van der Waals surface area contributed by atoms with Crippen LogP contribution in [0.2, 0.25) is 5.02 Å². The van der Waals surface area contributed by atoms with Gasteiger partial charge in [0, 0.05) is 23.1 Å². The highest BCUT2D eigenvalue weighted by Gasteiger charge is 2.21. The van der Waals surface area contributed by atoms with E-state index in [0.29, 0.717) is 21.4 Å². The lowest BCUT2D eigenvalue weighted by molar-refractivity contribution is 0.0455. The van der Waals surface area contributed by atoms with E-state index in [1.54, 1.807) is 24.3 Å². The number of carbonyl (C=O) groups excluding carboxylic acids is 1. The highest BCUT2D eigenvalue weighted by molar-refractivity contribution is 7.21. The van der Waals surface area contributed by atoms with Gasteiger partial charge < -0.3 is 15.8 Å². The Labute approximate surface area is 201 Å². The third-order valence-electron chi connectivity index (χ3n) is 4.52. The van der Waals surface area contributed by atoms with Gasteiger partial charge in [-0.25, -0.2) is 19.7 Å². The van der Waals surface area contributed by atoms with Crippen LogP contribution in [0.4, 0.5) is 17.6 Å². The van der Waals surface area contributed by atoms with E-state index < -0.39 is 5.97 Å². The van der Waals surface area contributed by atoms with Crippen LogP contribution in [0.3, 0.4) is 0 Å². The molecule has 0 radical (unpaired) electrons. The molecule has 0 unspecified atom stereocenters. The van der Waals surface area contributed by atoms with Crippen LogP contribution in [0.15, 0.2) is 60.9 Å². The fourth-order valence-electron chi connectivity index (χ4n) is 3.04. The zero-order chi connectivity index (χ0) is 23.5. The summed E-state index contributed by atoms with van der Waals surface area (Å²) in [4.78, 5) is 38.2. The maximum atomic E-state index is 12.8. The summed E-state index contributed by atoms with van der Waals surface area (Å²) in [5, 5.41) is 4.17. The summed E-state index contributed by atoms with van der Waals surface area (Å²) in [6, 6.07) is 14.6. The molecule has 34 heavy (non-hydrogen) atoms. The van der Waals surface area contributed by atoms with Gasteiger partial charge >= 0.3 is 5.97 Å². The van der Waals surface area contributed by atoms with Crippen LogP contribution in [0.5, 0.6) is 0 Å². The van der Waals surface area contributed by atoms with Crippen LogP contribution in [-0.2, 0) is 11.3 Å². The molecule has 0 amide bonds. The summed E-state index contributed by atoms with van der Waals surface area (Å²) < 4.78 is 6.38. The third kappa shape index (κ3) is 4.75. The molecule has 0 fully saturated rings. The number of nitrogens with zero attached hydrogens (tertiary/aromatic N) is 6. The van der Waals surface area contributed by atoms with Crippen molar-refractivity contribution in [3.8, 4) is 10.7 Å². The van der Waals surface area contributed by atoms with Crippen LogP contribution in [-0.4, -0.2) is 35.9 Å². The minimum Gasteiger partial charge on any atom is -0.453 e. The summed E-state index contributed by atoms with van der Waals surface area (Å²) in [6.07, 6.45) is 2.92. The largest absolute Gasteiger partial charge is 0.453 e. The molecule has 12 heteroatoms. The van der Waals surface area contributed by atoms with Gasteiger partial charge in [0.2, 0.25) is 11.9 Å². The molecule has 3 heterocycles. The van der Waals surface area contributed by atoms with Crippen molar-refractivity contribution < 1.29 is 9.53 Å².